The molecule has 1 saturated heterocycles. The largest absolute Gasteiger partial charge is 0.392 e. The van der Waals surface area contributed by atoms with Crippen LogP contribution >= 0.6 is 0 Å². The molecule has 0 saturated carbocycles. The van der Waals surface area contributed by atoms with E-state index in [1.54, 1.807) is 0 Å². The van der Waals surface area contributed by atoms with Crippen molar-refractivity contribution in [1.29, 1.82) is 0 Å². The fraction of sp³-hybridized carbons (Fsp3) is 0.571. The van der Waals surface area contributed by atoms with Gasteiger partial charge in [0.05, 0.1) is 6.61 Å². The number of sulfonamides is 1. The maximum atomic E-state index is 13.9. The molecule has 1 aromatic rings. The van der Waals surface area contributed by atoms with Crippen LogP contribution in [-0.2, 0) is 16.6 Å². The topological polar surface area (TPSA) is 60.9 Å². The first kappa shape index (κ1) is 16.4. The third kappa shape index (κ3) is 3.42. The predicted molar refractivity (Wildman–Crippen MR) is 77.8 cm³/mol. The first-order valence-electron chi connectivity index (χ1n) is 6.92. The normalized spacial score (nSPS) is 20.3. The Kier molecular flexibility index (Phi) is 4.98. The summed E-state index contributed by atoms with van der Waals surface area (Å²) in [6.45, 7) is 0.702. The molecule has 1 fully saturated rings. The number of benzene rings is 1. The highest BCUT2D eigenvalue weighted by atomic mass is 32.2. The Morgan fingerprint density at radius 1 is 1.43 bits per heavy atom. The van der Waals surface area contributed by atoms with Gasteiger partial charge in [-0.3, -0.25) is 0 Å². The van der Waals surface area contributed by atoms with Gasteiger partial charge in [-0.2, -0.15) is 4.31 Å². The van der Waals surface area contributed by atoms with Crippen LogP contribution in [0, 0.1) is 5.82 Å². The number of likely N-dealkylation sites (N-methyl/N-ethyl adjacent to an activating group) is 1. The van der Waals surface area contributed by atoms with E-state index in [4.69, 9.17) is 5.11 Å². The second-order valence-electron chi connectivity index (χ2n) is 5.60. The molecule has 1 atom stereocenters. The van der Waals surface area contributed by atoms with Crippen molar-refractivity contribution in [3.05, 3.63) is 29.6 Å². The fourth-order valence-electron chi connectivity index (χ4n) is 2.70. The highest BCUT2D eigenvalue weighted by molar-refractivity contribution is 7.89. The predicted octanol–water partition coefficient (Wildman–Crippen LogP) is 1.03. The van der Waals surface area contributed by atoms with Crippen LogP contribution in [0.2, 0.25) is 0 Å². The van der Waals surface area contributed by atoms with Crippen molar-refractivity contribution in [1.82, 2.24) is 9.21 Å². The van der Waals surface area contributed by atoms with E-state index in [1.807, 2.05) is 19.0 Å². The lowest BCUT2D eigenvalue weighted by atomic mass is 10.2. The Bertz CT molecular complexity index is 604. The van der Waals surface area contributed by atoms with E-state index >= 15 is 0 Å². The van der Waals surface area contributed by atoms with Gasteiger partial charge in [-0.1, -0.05) is 6.07 Å². The van der Waals surface area contributed by atoms with Gasteiger partial charge in [-0.05, 0) is 44.6 Å². The molecule has 1 N–H and O–H groups in total. The van der Waals surface area contributed by atoms with Gasteiger partial charge in [-0.15, -0.1) is 0 Å². The smallest absolute Gasteiger partial charge is 0.246 e. The van der Waals surface area contributed by atoms with Gasteiger partial charge in [0, 0.05) is 19.1 Å². The van der Waals surface area contributed by atoms with Gasteiger partial charge >= 0.3 is 0 Å². The summed E-state index contributed by atoms with van der Waals surface area (Å²) in [7, 11) is -0.106. The van der Waals surface area contributed by atoms with E-state index in [9.17, 15) is 12.8 Å². The molecule has 118 valence electrons. The molecule has 21 heavy (non-hydrogen) atoms. The molecule has 0 radical (unpaired) electrons. The minimum absolute atomic E-state index is 0.137. The molecular weight excluding hydrogens is 295 g/mol. The summed E-state index contributed by atoms with van der Waals surface area (Å²) in [4.78, 5) is 1.58. The maximum absolute atomic E-state index is 13.9. The van der Waals surface area contributed by atoms with Crippen LogP contribution in [0.1, 0.15) is 18.4 Å². The first-order chi connectivity index (χ1) is 9.86. The summed E-state index contributed by atoms with van der Waals surface area (Å²) in [5, 5.41) is 9.12. The number of aliphatic hydroxyl groups is 1. The Morgan fingerprint density at radius 3 is 2.76 bits per heavy atom. The molecule has 1 aromatic carbocycles. The van der Waals surface area contributed by atoms with Gasteiger partial charge in [0.1, 0.15) is 10.7 Å². The van der Waals surface area contributed by atoms with Crippen LogP contribution in [0.15, 0.2) is 23.1 Å². The molecule has 0 amide bonds. The maximum Gasteiger partial charge on any atom is 0.246 e. The van der Waals surface area contributed by atoms with Gasteiger partial charge in [0.25, 0.3) is 0 Å². The molecule has 5 nitrogen and oxygen atoms in total. The second-order valence-corrected chi connectivity index (χ2v) is 7.46. The summed E-state index contributed by atoms with van der Waals surface area (Å²) < 4.78 is 40.7. The Hall–Kier alpha value is -1.02. The lowest BCUT2D eigenvalue weighted by molar-refractivity contribution is 0.281. The molecular formula is C14H21FN2O3S. The number of rotatable bonds is 5. The van der Waals surface area contributed by atoms with Crippen LogP contribution in [-0.4, -0.2) is 56.0 Å². The zero-order valence-corrected chi connectivity index (χ0v) is 13.1. The van der Waals surface area contributed by atoms with Crippen molar-refractivity contribution in [2.75, 3.05) is 27.2 Å². The standard InChI is InChI=1S/C14H21FN2O3S/c1-16(2)9-12-4-3-7-17(12)21(19,20)14-8-11(10-18)5-6-13(14)15/h5-6,8,12,18H,3-4,7,9-10H2,1-2H3. The van der Waals surface area contributed by atoms with E-state index in [0.29, 0.717) is 18.7 Å². The molecule has 1 heterocycles. The molecule has 1 aliphatic heterocycles. The van der Waals surface area contributed by atoms with Crippen molar-refractivity contribution in [2.45, 2.75) is 30.4 Å². The average molecular weight is 316 g/mol. The zero-order chi connectivity index (χ0) is 15.6. The summed E-state index contributed by atoms with van der Waals surface area (Å²) in [5.74, 6) is -0.775. The van der Waals surface area contributed by atoms with Crippen molar-refractivity contribution >= 4 is 10.0 Å². The monoisotopic (exact) mass is 316 g/mol. The van der Waals surface area contributed by atoms with Gasteiger partial charge in [0.2, 0.25) is 10.0 Å². The van der Waals surface area contributed by atoms with Gasteiger partial charge < -0.3 is 10.0 Å². The van der Waals surface area contributed by atoms with E-state index < -0.39 is 15.8 Å². The molecule has 7 heteroatoms. The van der Waals surface area contributed by atoms with Crippen molar-refractivity contribution < 1.29 is 17.9 Å². The van der Waals surface area contributed by atoms with Crippen LogP contribution in [0.4, 0.5) is 4.39 Å². The SMILES string of the molecule is CN(C)CC1CCCN1S(=O)(=O)c1cc(CO)ccc1F. The summed E-state index contributed by atoms with van der Waals surface area (Å²) in [6, 6.07) is 3.56. The summed E-state index contributed by atoms with van der Waals surface area (Å²) in [6.07, 6.45) is 1.55. The van der Waals surface area contributed by atoms with Crippen LogP contribution < -0.4 is 0 Å². The van der Waals surface area contributed by atoms with E-state index in [2.05, 4.69) is 0 Å². The Labute approximate surface area is 125 Å². The molecule has 1 unspecified atom stereocenters. The highest BCUT2D eigenvalue weighted by Crippen LogP contribution is 2.28. The van der Waals surface area contributed by atoms with Crippen molar-refractivity contribution in [3.63, 3.8) is 0 Å². The van der Waals surface area contributed by atoms with Crippen molar-refractivity contribution in [3.8, 4) is 0 Å². The minimum Gasteiger partial charge on any atom is -0.392 e. The number of hydrogen-bond donors (Lipinski definition) is 1. The molecule has 2 rings (SSSR count). The minimum atomic E-state index is -3.88. The highest BCUT2D eigenvalue weighted by Gasteiger charge is 2.36. The third-order valence-electron chi connectivity index (χ3n) is 3.66. The summed E-state index contributed by atoms with van der Waals surface area (Å²) >= 11 is 0. The second kappa shape index (κ2) is 6.39. The van der Waals surface area contributed by atoms with Crippen LogP contribution in [0.3, 0.4) is 0 Å². The van der Waals surface area contributed by atoms with Crippen LogP contribution in [0.25, 0.3) is 0 Å². The molecule has 0 aliphatic carbocycles. The lowest BCUT2D eigenvalue weighted by Crippen LogP contribution is -2.41. The van der Waals surface area contributed by atoms with Crippen LogP contribution in [0.5, 0.6) is 0 Å². The Balaban J connectivity index is 2.37. The quantitative estimate of drug-likeness (QED) is 0.881. The van der Waals surface area contributed by atoms with E-state index in [1.165, 1.54) is 16.4 Å². The first-order valence-corrected chi connectivity index (χ1v) is 8.36. The summed E-state index contributed by atoms with van der Waals surface area (Å²) in [5.41, 5.74) is 0.387. The molecule has 1 aliphatic rings. The third-order valence-corrected chi connectivity index (χ3v) is 5.63. The van der Waals surface area contributed by atoms with E-state index in [-0.39, 0.29) is 17.5 Å². The van der Waals surface area contributed by atoms with E-state index in [0.717, 1.165) is 18.9 Å². The number of aliphatic hydroxyl groups excluding tert-OH is 1. The van der Waals surface area contributed by atoms with Crippen molar-refractivity contribution in [2.24, 2.45) is 0 Å². The van der Waals surface area contributed by atoms with Gasteiger partial charge in [0.15, 0.2) is 0 Å². The molecule has 0 bridgehead atoms. The number of hydrogen-bond acceptors (Lipinski definition) is 4. The fourth-order valence-corrected chi connectivity index (χ4v) is 4.50. The molecule has 0 spiro atoms. The molecule has 0 aromatic heterocycles. The number of nitrogens with zero attached hydrogens (tertiary/aromatic N) is 2. The lowest BCUT2D eigenvalue weighted by Gasteiger charge is -2.26. The number of halogens is 1. The zero-order valence-electron chi connectivity index (χ0n) is 12.3. The van der Waals surface area contributed by atoms with Gasteiger partial charge in [-0.25, -0.2) is 12.8 Å². The average Bonchev–Trinajstić information content (AvgIpc) is 2.87. The Morgan fingerprint density at radius 2 is 2.14 bits per heavy atom.